The van der Waals surface area contributed by atoms with Gasteiger partial charge in [0, 0.05) is 10.9 Å². The van der Waals surface area contributed by atoms with E-state index in [0.29, 0.717) is 0 Å². The number of fused-ring (bicyclic) bond motifs is 11. The number of rotatable bonds is 2. The van der Waals surface area contributed by atoms with Crippen molar-refractivity contribution in [2.24, 2.45) is 0 Å². The molecule has 8 aromatic carbocycles. The van der Waals surface area contributed by atoms with Gasteiger partial charge in [-0.05, 0) is 116 Å². The van der Waals surface area contributed by atoms with Crippen LogP contribution in [0.25, 0.3) is 33.4 Å². The fourth-order valence-corrected chi connectivity index (χ4v) is 10.0. The highest BCUT2D eigenvalue weighted by atomic mass is 16.5. The van der Waals surface area contributed by atoms with Crippen LogP contribution in [0.2, 0.25) is 0 Å². The van der Waals surface area contributed by atoms with E-state index >= 15 is 0 Å². The second-order valence-electron chi connectivity index (χ2n) is 16.0. The summed E-state index contributed by atoms with van der Waals surface area (Å²) in [4.78, 5) is 2.27. The lowest BCUT2D eigenvalue weighted by Crippen LogP contribution is -2.57. The van der Waals surface area contributed by atoms with Crippen LogP contribution in [0, 0.1) is 0 Å². The molecule has 5 aliphatic rings. The molecule has 0 bridgehead atoms. The van der Waals surface area contributed by atoms with Gasteiger partial charge in [0.2, 0.25) is 0 Å². The molecule has 0 unspecified atom stereocenters. The Morgan fingerprint density at radius 3 is 1.35 bits per heavy atom. The average Bonchev–Trinajstić information content (AvgIpc) is 3.49. The molecule has 4 heterocycles. The predicted octanol–water partition coefficient (Wildman–Crippen LogP) is 11.7. The van der Waals surface area contributed by atoms with E-state index in [0.717, 1.165) is 102 Å². The molecule has 5 nitrogen and oxygen atoms in total. The Labute approximate surface area is 330 Å². The SMILES string of the molecule is CC1(C)c2cccc(-c3cc4c5c(c3)Oc3ccccc3B5c3ccccc3O4)c2-c2c(-c3cc4c5c(c3)Oc3ccccc3N5c3ccccc3O4)cccc21. The van der Waals surface area contributed by atoms with Crippen LogP contribution in [0.4, 0.5) is 17.1 Å². The molecule has 0 N–H and O–H groups in total. The summed E-state index contributed by atoms with van der Waals surface area (Å²) in [5.41, 5.74) is 15.4. The molecule has 0 aromatic heterocycles. The Morgan fingerprint density at radius 2 is 0.842 bits per heavy atom. The third kappa shape index (κ3) is 4.14. The summed E-state index contributed by atoms with van der Waals surface area (Å²) < 4.78 is 26.9. The minimum absolute atomic E-state index is 0.0241. The highest BCUT2D eigenvalue weighted by molar-refractivity contribution is 6.98. The Bertz CT molecular complexity index is 2750. The highest BCUT2D eigenvalue weighted by Gasteiger charge is 2.43. The molecule has 0 fully saturated rings. The first-order valence-electron chi connectivity index (χ1n) is 19.5. The third-order valence-electron chi connectivity index (χ3n) is 12.6. The number of ether oxygens (including phenoxy) is 4. The molecule has 13 rings (SSSR count). The third-order valence-corrected chi connectivity index (χ3v) is 12.6. The molecule has 268 valence electrons. The zero-order valence-electron chi connectivity index (χ0n) is 31.2. The number of benzene rings is 8. The molecule has 0 amide bonds. The average molecular weight is 734 g/mol. The molecule has 8 aromatic rings. The molecular formula is C51H32BNO4. The van der Waals surface area contributed by atoms with Crippen molar-refractivity contribution in [1.82, 2.24) is 0 Å². The van der Waals surface area contributed by atoms with Crippen LogP contribution in [0.3, 0.4) is 0 Å². The molecule has 0 atom stereocenters. The summed E-state index contributed by atoms with van der Waals surface area (Å²) in [6, 6.07) is 55.4. The summed E-state index contributed by atoms with van der Waals surface area (Å²) >= 11 is 0. The van der Waals surface area contributed by atoms with Gasteiger partial charge >= 0.3 is 0 Å². The number of hydrogen-bond acceptors (Lipinski definition) is 5. The van der Waals surface area contributed by atoms with Crippen molar-refractivity contribution in [2.75, 3.05) is 4.90 Å². The van der Waals surface area contributed by atoms with Crippen LogP contribution in [0.15, 0.2) is 158 Å². The first-order valence-corrected chi connectivity index (χ1v) is 19.5. The second-order valence-corrected chi connectivity index (χ2v) is 16.0. The summed E-state index contributed by atoms with van der Waals surface area (Å²) in [6.07, 6.45) is 0. The smallest absolute Gasteiger partial charge is 0.260 e. The van der Waals surface area contributed by atoms with Crippen molar-refractivity contribution >= 4 is 40.2 Å². The van der Waals surface area contributed by atoms with E-state index in [-0.39, 0.29) is 12.1 Å². The van der Waals surface area contributed by atoms with Crippen LogP contribution in [-0.2, 0) is 5.41 Å². The second kappa shape index (κ2) is 11.0. The molecule has 0 saturated heterocycles. The lowest BCUT2D eigenvalue weighted by Gasteiger charge is -2.38. The van der Waals surface area contributed by atoms with E-state index in [1.165, 1.54) is 22.3 Å². The van der Waals surface area contributed by atoms with Gasteiger partial charge in [-0.2, -0.15) is 0 Å². The lowest BCUT2D eigenvalue weighted by atomic mass is 9.35. The first-order chi connectivity index (χ1) is 28.0. The molecule has 0 saturated carbocycles. The summed E-state index contributed by atoms with van der Waals surface area (Å²) in [6.45, 7) is 4.69. The zero-order chi connectivity index (χ0) is 37.6. The fraction of sp³-hybridized carbons (Fsp3) is 0.0588. The Kier molecular flexibility index (Phi) is 5.99. The van der Waals surface area contributed by atoms with Gasteiger partial charge < -0.3 is 18.9 Å². The maximum atomic E-state index is 6.76. The summed E-state index contributed by atoms with van der Waals surface area (Å²) in [5.74, 6) is 6.57. The van der Waals surface area contributed by atoms with Crippen molar-refractivity contribution in [2.45, 2.75) is 19.3 Å². The standard InChI is InChI=1S/C51H32BNO4/c1-51(2)33-15-11-13-31(29-25-43-49-44(26-29)55-40-22-8-4-18-36(40)52(49)35-17-3-7-21-39(35)54-43)47(33)48-32(14-12-16-34(48)51)30-27-45-50-46(28-30)57-42-24-10-6-20-38(42)53(50)37-19-5-9-23-41(37)56-45/h3-28H,1-2H3. The number of nitrogens with zero attached hydrogens (tertiary/aromatic N) is 1. The van der Waals surface area contributed by atoms with Gasteiger partial charge in [-0.3, -0.25) is 4.90 Å². The van der Waals surface area contributed by atoms with Gasteiger partial charge in [0.1, 0.15) is 28.7 Å². The Morgan fingerprint density at radius 1 is 0.421 bits per heavy atom. The van der Waals surface area contributed by atoms with E-state index in [4.69, 9.17) is 18.9 Å². The summed E-state index contributed by atoms with van der Waals surface area (Å²) in [5, 5.41) is 0. The van der Waals surface area contributed by atoms with Crippen LogP contribution < -0.4 is 40.2 Å². The number of hydrogen-bond donors (Lipinski definition) is 0. The maximum absolute atomic E-state index is 6.76. The molecule has 1 aliphatic carbocycles. The molecule has 0 spiro atoms. The molecular weight excluding hydrogens is 701 g/mol. The van der Waals surface area contributed by atoms with Gasteiger partial charge in [0.15, 0.2) is 23.0 Å². The van der Waals surface area contributed by atoms with E-state index in [1.54, 1.807) is 0 Å². The van der Waals surface area contributed by atoms with Gasteiger partial charge in [-0.1, -0.05) is 111 Å². The van der Waals surface area contributed by atoms with Crippen molar-refractivity contribution < 1.29 is 18.9 Å². The predicted molar refractivity (Wildman–Crippen MR) is 227 cm³/mol. The largest absolute Gasteiger partial charge is 0.458 e. The van der Waals surface area contributed by atoms with Crippen molar-refractivity contribution in [1.29, 1.82) is 0 Å². The number of anilines is 3. The lowest BCUT2D eigenvalue weighted by molar-refractivity contribution is 0.446. The monoisotopic (exact) mass is 733 g/mol. The molecule has 4 aliphatic heterocycles. The quantitative estimate of drug-likeness (QED) is 0.165. The fourth-order valence-electron chi connectivity index (χ4n) is 10.0. The van der Waals surface area contributed by atoms with E-state index in [2.05, 4.69) is 140 Å². The van der Waals surface area contributed by atoms with Gasteiger partial charge in [0.05, 0.1) is 11.4 Å². The van der Waals surface area contributed by atoms with Gasteiger partial charge in [-0.25, -0.2) is 0 Å². The van der Waals surface area contributed by atoms with Crippen LogP contribution >= 0.6 is 0 Å². The van der Waals surface area contributed by atoms with Crippen LogP contribution in [-0.4, -0.2) is 6.71 Å². The van der Waals surface area contributed by atoms with E-state index in [1.807, 2.05) is 36.4 Å². The van der Waals surface area contributed by atoms with E-state index in [9.17, 15) is 0 Å². The van der Waals surface area contributed by atoms with Crippen LogP contribution in [0.1, 0.15) is 25.0 Å². The molecule has 6 heteroatoms. The van der Waals surface area contributed by atoms with Crippen LogP contribution in [0.5, 0.6) is 46.0 Å². The Hall–Kier alpha value is -7.18. The van der Waals surface area contributed by atoms with Gasteiger partial charge in [0.25, 0.3) is 6.71 Å². The van der Waals surface area contributed by atoms with E-state index < -0.39 is 0 Å². The molecule has 57 heavy (non-hydrogen) atoms. The van der Waals surface area contributed by atoms with Crippen molar-refractivity contribution in [3.8, 4) is 79.4 Å². The zero-order valence-corrected chi connectivity index (χ0v) is 31.2. The normalized spacial score (nSPS) is 14.8. The maximum Gasteiger partial charge on any atom is 0.260 e. The molecule has 0 radical (unpaired) electrons. The first kappa shape index (κ1) is 31.1. The van der Waals surface area contributed by atoms with Crippen molar-refractivity contribution in [3.63, 3.8) is 0 Å². The highest BCUT2D eigenvalue weighted by Crippen LogP contribution is 2.62. The Balaban J connectivity index is 1.02. The van der Waals surface area contributed by atoms with Gasteiger partial charge in [-0.15, -0.1) is 0 Å². The minimum atomic E-state index is -0.251. The summed E-state index contributed by atoms with van der Waals surface area (Å²) in [7, 11) is 0. The number of para-hydroxylation sites is 6. The minimum Gasteiger partial charge on any atom is -0.458 e. The topological polar surface area (TPSA) is 40.2 Å². The van der Waals surface area contributed by atoms with Crippen molar-refractivity contribution in [3.05, 3.63) is 169 Å².